The number of benzene rings is 1. The Balaban J connectivity index is 2.36. The zero-order chi connectivity index (χ0) is 12.6. The van der Waals surface area contributed by atoms with Crippen LogP contribution in [0.3, 0.4) is 0 Å². The number of hydrogen-bond donors (Lipinski definition) is 1. The Morgan fingerprint density at radius 1 is 1.29 bits per heavy atom. The highest BCUT2D eigenvalue weighted by Crippen LogP contribution is 2.37. The van der Waals surface area contributed by atoms with Crippen molar-refractivity contribution in [1.29, 1.82) is 0 Å². The van der Waals surface area contributed by atoms with Crippen molar-refractivity contribution in [3.63, 3.8) is 0 Å². The molecule has 1 heterocycles. The standard InChI is InChI=1S/C12H9Br2FOS/c1-6-4-7(2-3-9(6)15)11(16)10-5-8(13)12(14)17-10/h2-5,11,16H,1H3. The maximum atomic E-state index is 13.1. The first-order chi connectivity index (χ1) is 7.99. The minimum atomic E-state index is -0.720. The second-order valence-electron chi connectivity index (χ2n) is 3.68. The third kappa shape index (κ3) is 2.78. The lowest BCUT2D eigenvalue weighted by Gasteiger charge is -2.09. The molecule has 0 amide bonds. The molecular weight excluding hydrogens is 371 g/mol. The summed E-state index contributed by atoms with van der Waals surface area (Å²) in [5.74, 6) is -0.255. The molecule has 1 atom stereocenters. The van der Waals surface area contributed by atoms with Crippen LogP contribution in [-0.2, 0) is 0 Å². The first-order valence-corrected chi connectivity index (χ1v) is 7.28. The van der Waals surface area contributed by atoms with Crippen LogP contribution in [0.5, 0.6) is 0 Å². The third-order valence-electron chi connectivity index (χ3n) is 2.43. The molecule has 0 spiro atoms. The van der Waals surface area contributed by atoms with E-state index in [1.807, 2.05) is 6.07 Å². The predicted octanol–water partition coefficient (Wildman–Crippen LogP) is 4.80. The van der Waals surface area contributed by atoms with Gasteiger partial charge in [0.1, 0.15) is 11.9 Å². The highest BCUT2D eigenvalue weighted by atomic mass is 79.9. The molecule has 1 nitrogen and oxygen atoms in total. The van der Waals surface area contributed by atoms with Gasteiger partial charge >= 0.3 is 0 Å². The lowest BCUT2D eigenvalue weighted by atomic mass is 10.1. The largest absolute Gasteiger partial charge is 0.383 e. The molecule has 1 aromatic heterocycles. The van der Waals surface area contributed by atoms with Gasteiger partial charge in [0.25, 0.3) is 0 Å². The Kier molecular flexibility index (Phi) is 4.02. The van der Waals surface area contributed by atoms with Crippen LogP contribution in [0.25, 0.3) is 0 Å². The zero-order valence-corrected chi connectivity index (χ0v) is 12.9. The number of thiophene rings is 1. The Hall–Kier alpha value is -0.230. The van der Waals surface area contributed by atoms with Crippen LogP contribution in [0, 0.1) is 12.7 Å². The van der Waals surface area contributed by atoms with Gasteiger partial charge in [-0.25, -0.2) is 4.39 Å². The van der Waals surface area contributed by atoms with Crippen LogP contribution in [0.15, 0.2) is 32.5 Å². The van der Waals surface area contributed by atoms with Gasteiger partial charge in [-0.1, -0.05) is 12.1 Å². The van der Waals surface area contributed by atoms with Gasteiger partial charge in [-0.05, 0) is 62.0 Å². The molecule has 2 rings (SSSR count). The molecule has 2 aromatic rings. The molecule has 0 aliphatic heterocycles. The molecule has 0 fully saturated rings. The van der Waals surface area contributed by atoms with Crippen LogP contribution >= 0.6 is 43.2 Å². The topological polar surface area (TPSA) is 20.2 Å². The van der Waals surface area contributed by atoms with Gasteiger partial charge in [-0.15, -0.1) is 11.3 Å². The average Bonchev–Trinajstić information content (AvgIpc) is 2.62. The first-order valence-electron chi connectivity index (χ1n) is 4.88. The summed E-state index contributed by atoms with van der Waals surface area (Å²) in [4.78, 5) is 0.815. The number of aryl methyl sites for hydroxylation is 1. The Labute approximate surface area is 120 Å². The molecule has 0 radical (unpaired) electrons. The minimum absolute atomic E-state index is 0.255. The van der Waals surface area contributed by atoms with Gasteiger partial charge in [0.05, 0.1) is 3.79 Å². The fourth-order valence-corrected chi connectivity index (χ4v) is 3.60. The molecule has 1 aromatic carbocycles. The zero-order valence-electron chi connectivity index (χ0n) is 8.88. The summed E-state index contributed by atoms with van der Waals surface area (Å²) < 4.78 is 15.0. The van der Waals surface area contributed by atoms with E-state index in [0.717, 1.165) is 13.1 Å². The van der Waals surface area contributed by atoms with Crippen molar-refractivity contribution < 1.29 is 9.50 Å². The summed E-state index contributed by atoms with van der Waals surface area (Å²) in [6, 6.07) is 6.51. The maximum absolute atomic E-state index is 13.1. The van der Waals surface area contributed by atoms with Crippen molar-refractivity contribution in [3.8, 4) is 0 Å². The Morgan fingerprint density at radius 2 is 2.00 bits per heavy atom. The normalized spacial score (nSPS) is 12.8. The summed E-state index contributed by atoms with van der Waals surface area (Å²) in [6.07, 6.45) is -0.720. The second-order valence-corrected chi connectivity index (χ2v) is 6.94. The molecule has 0 aliphatic carbocycles. The van der Waals surface area contributed by atoms with E-state index in [-0.39, 0.29) is 5.82 Å². The fraction of sp³-hybridized carbons (Fsp3) is 0.167. The van der Waals surface area contributed by atoms with E-state index in [0.29, 0.717) is 11.1 Å². The average molecular weight is 380 g/mol. The van der Waals surface area contributed by atoms with Crippen molar-refractivity contribution >= 4 is 43.2 Å². The second kappa shape index (κ2) is 5.18. The molecular formula is C12H9Br2FOS. The predicted molar refractivity (Wildman–Crippen MR) is 74.9 cm³/mol. The van der Waals surface area contributed by atoms with Crippen molar-refractivity contribution in [2.24, 2.45) is 0 Å². The first kappa shape index (κ1) is 13.2. The monoisotopic (exact) mass is 378 g/mol. The molecule has 0 bridgehead atoms. The molecule has 17 heavy (non-hydrogen) atoms. The van der Waals surface area contributed by atoms with Gasteiger partial charge < -0.3 is 5.11 Å². The number of aliphatic hydroxyl groups excluding tert-OH is 1. The molecule has 5 heteroatoms. The number of hydrogen-bond acceptors (Lipinski definition) is 2. The van der Waals surface area contributed by atoms with Crippen molar-refractivity contribution in [1.82, 2.24) is 0 Å². The smallest absolute Gasteiger partial charge is 0.126 e. The maximum Gasteiger partial charge on any atom is 0.126 e. The van der Waals surface area contributed by atoms with Crippen molar-refractivity contribution in [2.75, 3.05) is 0 Å². The van der Waals surface area contributed by atoms with Crippen LogP contribution in [0.4, 0.5) is 4.39 Å². The van der Waals surface area contributed by atoms with E-state index >= 15 is 0 Å². The molecule has 0 saturated carbocycles. The summed E-state index contributed by atoms with van der Waals surface area (Å²) in [7, 11) is 0. The minimum Gasteiger partial charge on any atom is -0.383 e. The van der Waals surface area contributed by atoms with Gasteiger partial charge in [-0.2, -0.15) is 0 Å². The summed E-state index contributed by atoms with van der Waals surface area (Å²) in [6.45, 7) is 1.69. The van der Waals surface area contributed by atoms with E-state index < -0.39 is 6.10 Å². The lowest BCUT2D eigenvalue weighted by molar-refractivity contribution is 0.224. The van der Waals surface area contributed by atoms with Crippen LogP contribution < -0.4 is 0 Å². The van der Waals surface area contributed by atoms with Crippen LogP contribution in [0.1, 0.15) is 22.1 Å². The Morgan fingerprint density at radius 3 is 2.53 bits per heavy atom. The summed E-state index contributed by atoms with van der Waals surface area (Å²) in [5.41, 5.74) is 1.24. The van der Waals surface area contributed by atoms with Gasteiger partial charge in [0, 0.05) is 9.35 Å². The van der Waals surface area contributed by atoms with Gasteiger partial charge in [0.2, 0.25) is 0 Å². The summed E-state index contributed by atoms with van der Waals surface area (Å²) >= 11 is 8.21. The third-order valence-corrected chi connectivity index (χ3v) is 5.74. The van der Waals surface area contributed by atoms with E-state index in [2.05, 4.69) is 31.9 Å². The number of aliphatic hydroxyl groups is 1. The highest BCUT2D eigenvalue weighted by Gasteiger charge is 2.15. The SMILES string of the molecule is Cc1cc(C(O)c2cc(Br)c(Br)s2)ccc1F. The van der Waals surface area contributed by atoms with Gasteiger partial charge in [-0.3, -0.25) is 0 Å². The summed E-state index contributed by atoms with van der Waals surface area (Å²) in [5, 5.41) is 10.2. The molecule has 0 aliphatic rings. The van der Waals surface area contributed by atoms with Gasteiger partial charge in [0.15, 0.2) is 0 Å². The van der Waals surface area contributed by atoms with E-state index in [1.54, 1.807) is 19.1 Å². The molecule has 1 unspecified atom stereocenters. The van der Waals surface area contributed by atoms with E-state index in [4.69, 9.17) is 0 Å². The highest BCUT2D eigenvalue weighted by molar-refractivity contribution is 9.13. The van der Waals surface area contributed by atoms with Crippen molar-refractivity contribution in [3.05, 3.63) is 54.3 Å². The van der Waals surface area contributed by atoms with E-state index in [1.165, 1.54) is 17.4 Å². The molecule has 90 valence electrons. The van der Waals surface area contributed by atoms with Crippen LogP contribution in [-0.4, -0.2) is 5.11 Å². The van der Waals surface area contributed by atoms with Crippen LogP contribution in [0.2, 0.25) is 0 Å². The molecule has 1 N–H and O–H groups in total. The molecule has 0 saturated heterocycles. The van der Waals surface area contributed by atoms with E-state index in [9.17, 15) is 9.50 Å². The Bertz CT molecular complexity index is 534. The number of halogens is 3. The van der Waals surface area contributed by atoms with Crippen molar-refractivity contribution in [2.45, 2.75) is 13.0 Å². The fourth-order valence-electron chi connectivity index (χ4n) is 1.50. The number of rotatable bonds is 2. The quantitative estimate of drug-likeness (QED) is 0.794. The lowest BCUT2D eigenvalue weighted by Crippen LogP contribution is -1.98.